The first-order chi connectivity index (χ1) is 3.30. The molecule has 0 aliphatic carbocycles. The molecule has 0 spiro atoms. The predicted molar refractivity (Wildman–Crippen MR) is 28.9 cm³/mol. The maximum absolute atomic E-state index is 5.14. The highest BCUT2D eigenvalue weighted by molar-refractivity contribution is 5.06. The summed E-state index contributed by atoms with van der Waals surface area (Å²) in [5.41, 5.74) is 1.40. The molecule has 1 rings (SSSR count). The Labute approximate surface area is 44.0 Å². The Kier molecular flexibility index (Phi) is 1.05. The van der Waals surface area contributed by atoms with Crippen molar-refractivity contribution in [2.24, 2.45) is 0 Å². The molecular weight excluding hydrogens is 88.1 g/mol. The van der Waals surface area contributed by atoms with Crippen LogP contribution in [-0.4, -0.2) is 6.61 Å². The first kappa shape index (κ1) is 4.69. The molecule has 0 amide bonds. The highest BCUT2D eigenvalue weighted by atomic mass is 16.5. The standard InChI is InChI=1S/C6H10O/c1-5-3-4-7-6(5)2/h3-4H2,1-2H3. The quantitative estimate of drug-likeness (QED) is 0.448. The summed E-state index contributed by atoms with van der Waals surface area (Å²) in [4.78, 5) is 0. The average molecular weight is 98.1 g/mol. The van der Waals surface area contributed by atoms with E-state index in [2.05, 4.69) is 6.92 Å². The Morgan fingerprint density at radius 3 is 2.29 bits per heavy atom. The minimum absolute atomic E-state index is 0.900. The predicted octanol–water partition coefficient (Wildman–Crippen LogP) is 1.70. The molecule has 0 radical (unpaired) electrons. The molecule has 1 aliphatic heterocycles. The van der Waals surface area contributed by atoms with Crippen molar-refractivity contribution in [2.45, 2.75) is 20.3 Å². The van der Waals surface area contributed by atoms with E-state index in [0.717, 1.165) is 18.8 Å². The van der Waals surface area contributed by atoms with E-state index in [9.17, 15) is 0 Å². The third-order valence-corrected chi connectivity index (χ3v) is 1.40. The highest BCUT2D eigenvalue weighted by Gasteiger charge is 2.04. The molecule has 0 aromatic heterocycles. The number of allylic oxidation sites excluding steroid dienone is 1. The van der Waals surface area contributed by atoms with Crippen LogP contribution in [0, 0.1) is 0 Å². The van der Waals surface area contributed by atoms with E-state index in [4.69, 9.17) is 4.74 Å². The van der Waals surface area contributed by atoms with E-state index >= 15 is 0 Å². The van der Waals surface area contributed by atoms with Gasteiger partial charge in [0.15, 0.2) is 0 Å². The van der Waals surface area contributed by atoms with Crippen LogP contribution in [0.1, 0.15) is 20.3 Å². The van der Waals surface area contributed by atoms with Gasteiger partial charge >= 0.3 is 0 Å². The highest BCUT2D eigenvalue weighted by Crippen LogP contribution is 2.16. The molecule has 0 unspecified atom stereocenters. The van der Waals surface area contributed by atoms with Crippen LogP contribution >= 0.6 is 0 Å². The van der Waals surface area contributed by atoms with Gasteiger partial charge in [-0.25, -0.2) is 0 Å². The molecule has 40 valence electrons. The molecular formula is C6H10O. The van der Waals surface area contributed by atoms with Crippen molar-refractivity contribution in [2.75, 3.05) is 6.61 Å². The SMILES string of the molecule is CC1=C(C)OCC1. The van der Waals surface area contributed by atoms with Gasteiger partial charge in [-0.05, 0) is 19.4 Å². The molecule has 1 aliphatic rings. The van der Waals surface area contributed by atoms with Gasteiger partial charge in [0.2, 0.25) is 0 Å². The third-order valence-electron chi connectivity index (χ3n) is 1.40. The van der Waals surface area contributed by atoms with Gasteiger partial charge in [-0.1, -0.05) is 0 Å². The Bertz CT molecular complexity index is 90.7. The van der Waals surface area contributed by atoms with Crippen molar-refractivity contribution in [1.29, 1.82) is 0 Å². The van der Waals surface area contributed by atoms with Crippen molar-refractivity contribution in [3.05, 3.63) is 11.3 Å². The van der Waals surface area contributed by atoms with Crippen LogP contribution < -0.4 is 0 Å². The minimum Gasteiger partial charge on any atom is -0.498 e. The summed E-state index contributed by atoms with van der Waals surface area (Å²) in [7, 11) is 0. The van der Waals surface area contributed by atoms with Crippen LogP contribution in [-0.2, 0) is 4.74 Å². The summed E-state index contributed by atoms with van der Waals surface area (Å²) < 4.78 is 5.14. The summed E-state index contributed by atoms with van der Waals surface area (Å²) in [5, 5.41) is 0. The van der Waals surface area contributed by atoms with Gasteiger partial charge in [0.1, 0.15) is 0 Å². The fraction of sp³-hybridized carbons (Fsp3) is 0.667. The molecule has 1 heteroatoms. The average Bonchev–Trinajstić information content (AvgIpc) is 1.91. The second kappa shape index (κ2) is 1.57. The Morgan fingerprint density at radius 1 is 1.43 bits per heavy atom. The first-order valence-electron chi connectivity index (χ1n) is 2.60. The van der Waals surface area contributed by atoms with Crippen molar-refractivity contribution in [3.8, 4) is 0 Å². The zero-order valence-corrected chi connectivity index (χ0v) is 4.82. The maximum Gasteiger partial charge on any atom is 0.0919 e. The zero-order valence-electron chi connectivity index (χ0n) is 4.82. The number of hydrogen-bond donors (Lipinski definition) is 0. The number of rotatable bonds is 0. The lowest BCUT2D eigenvalue weighted by Crippen LogP contribution is -1.76. The van der Waals surface area contributed by atoms with Gasteiger partial charge in [0.25, 0.3) is 0 Å². The van der Waals surface area contributed by atoms with E-state index in [1.807, 2.05) is 6.92 Å². The van der Waals surface area contributed by atoms with Crippen molar-refractivity contribution in [1.82, 2.24) is 0 Å². The van der Waals surface area contributed by atoms with Gasteiger partial charge < -0.3 is 4.74 Å². The van der Waals surface area contributed by atoms with Crippen molar-refractivity contribution >= 4 is 0 Å². The lowest BCUT2D eigenvalue weighted by atomic mass is 10.2. The molecule has 0 saturated carbocycles. The van der Waals surface area contributed by atoms with Crippen LogP contribution in [0.15, 0.2) is 11.3 Å². The van der Waals surface area contributed by atoms with Crippen LogP contribution in [0.5, 0.6) is 0 Å². The first-order valence-corrected chi connectivity index (χ1v) is 2.60. The molecule has 1 heterocycles. The summed E-state index contributed by atoms with van der Waals surface area (Å²) in [6.07, 6.45) is 1.13. The Hall–Kier alpha value is -0.460. The summed E-state index contributed by atoms with van der Waals surface area (Å²) in [6, 6.07) is 0. The van der Waals surface area contributed by atoms with E-state index in [-0.39, 0.29) is 0 Å². The van der Waals surface area contributed by atoms with Crippen LogP contribution in [0.3, 0.4) is 0 Å². The summed E-state index contributed by atoms with van der Waals surface area (Å²) >= 11 is 0. The third kappa shape index (κ3) is 0.763. The second-order valence-electron chi connectivity index (χ2n) is 1.93. The smallest absolute Gasteiger partial charge is 0.0919 e. The normalized spacial score (nSPS) is 20.3. The van der Waals surface area contributed by atoms with Crippen LogP contribution in [0.2, 0.25) is 0 Å². The fourth-order valence-electron chi connectivity index (χ4n) is 0.656. The largest absolute Gasteiger partial charge is 0.498 e. The Balaban J connectivity index is 2.64. The second-order valence-corrected chi connectivity index (χ2v) is 1.93. The van der Waals surface area contributed by atoms with E-state index in [0.29, 0.717) is 0 Å². The lowest BCUT2D eigenvalue weighted by Gasteiger charge is -1.91. The van der Waals surface area contributed by atoms with Crippen LogP contribution in [0.4, 0.5) is 0 Å². The summed E-state index contributed by atoms with van der Waals surface area (Å²) in [6.45, 7) is 5.03. The lowest BCUT2D eigenvalue weighted by molar-refractivity contribution is 0.246. The molecule has 0 fully saturated rings. The number of ether oxygens (including phenoxy) is 1. The van der Waals surface area contributed by atoms with Gasteiger partial charge in [-0.15, -0.1) is 0 Å². The van der Waals surface area contributed by atoms with E-state index < -0.39 is 0 Å². The van der Waals surface area contributed by atoms with Gasteiger partial charge in [-0.2, -0.15) is 0 Å². The van der Waals surface area contributed by atoms with Gasteiger partial charge in [0.05, 0.1) is 12.4 Å². The molecule has 0 N–H and O–H groups in total. The topological polar surface area (TPSA) is 9.23 Å². The van der Waals surface area contributed by atoms with Gasteiger partial charge in [-0.3, -0.25) is 0 Å². The molecule has 0 aromatic rings. The van der Waals surface area contributed by atoms with E-state index in [1.54, 1.807) is 0 Å². The monoisotopic (exact) mass is 98.1 g/mol. The van der Waals surface area contributed by atoms with E-state index in [1.165, 1.54) is 5.57 Å². The molecule has 1 nitrogen and oxygen atoms in total. The molecule has 7 heavy (non-hydrogen) atoms. The molecule has 0 atom stereocenters. The number of hydrogen-bond acceptors (Lipinski definition) is 1. The zero-order chi connectivity index (χ0) is 5.28. The molecule has 0 aromatic carbocycles. The fourth-order valence-corrected chi connectivity index (χ4v) is 0.656. The maximum atomic E-state index is 5.14. The van der Waals surface area contributed by atoms with Crippen molar-refractivity contribution < 1.29 is 4.74 Å². The van der Waals surface area contributed by atoms with Gasteiger partial charge in [0, 0.05) is 6.42 Å². The molecule has 0 bridgehead atoms. The Morgan fingerprint density at radius 2 is 2.14 bits per heavy atom. The van der Waals surface area contributed by atoms with Crippen LogP contribution in [0.25, 0.3) is 0 Å². The minimum atomic E-state index is 0.900. The van der Waals surface area contributed by atoms with Crippen molar-refractivity contribution in [3.63, 3.8) is 0 Å². The molecule has 0 saturated heterocycles. The summed E-state index contributed by atoms with van der Waals surface area (Å²) in [5.74, 6) is 1.12.